The lowest BCUT2D eigenvalue weighted by molar-refractivity contribution is 0.0872. The van der Waals surface area contributed by atoms with E-state index in [0.29, 0.717) is 11.3 Å². The Labute approximate surface area is 190 Å². The largest absolute Gasteiger partial charge is 0.496 e. The highest BCUT2D eigenvalue weighted by Crippen LogP contribution is 2.30. The summed E-state index contributed by atoms with van der Waals surface area (Å²) in [4.78, 5) is 20.3. The molecule has 0 aliphatic carbocycles. The summed E-state index contributed by atoms with van der Waals surface area (Å²) in [5, 5.41) is 3.28. The number of methoxy groups -OCH3 is 1. The molecule has 2 unspecified atom stereocenters. The van der Waals surface area contributed by atoms with Crippen molar-refractivity contribution in [3.63, 3.8) is 0 Å². The number of para-hydroxylation sites is 1. The standard InChI is InChI=1S/C27H31N3O2/c1-20-9-7-10-21(17-20)18-30-16-8-11-22(19-30)26(24-13-5-6-15-28-24)29-27(31)23-12-3-4-14-25(23)32-2/h3-7,9-10,12-15,17,22,26H,8,11,16,18-19H2,1-2H3,(H,29,31). The zero-order chi connectivity index (χ0) is 22.3. The molecule has 1 amide bonds. The van der Waals surface area contributed by atoms with Gasteiger partial charge in [-0.1, -0.05) is 48.0 Å². The molecule has 1 N–H and O–H groups in total. The number of carbonyl (C=O) groups excluding carboxylic acids is 1. The summed E-state index contributed by atoms with van der Waals surface area (Å²) in [6.07, 6.45) is 3.95. The molecular weight excluding hydrogens is 398 g/mol. The van der Waals surface area contributed by atoms with Gasteiger partial charge in [0, 0.05) is 19.3 Å². The first kappa shape index (κ1) is 22.0. The number of pyridine rings is 1. The topological polar surface area (TPSA) is 54.5 Å². The smallest absolute Gasteiger partial charge is 0.255 e. The fraction of sp³-hybridized carbons (Fsp3) is 0.333. The van der Waals surface area contributed by atoms with Gasteiger partial charge in [0.05, 0.1) is 24.4 Å². The maximum Gasteiger partial charge on any atom is 0.255 e. The molecular formula is C27H31N3O2. The molecule has 5 nitrogen and oxygen atoms in total. The van der Waals surface area contributed by atoms with E-state index in [-0.39, 0.29) is 17.9 Å². The van der Waals surface area contributed by atoms with Gasteiger partial charge in [-0.05, 0) is 62.1 Å². The number of amides is 1. The number of aryl methyl sites for hydroxylation is 1. The Morgan fingerprint density at radius 3 is 2.78 bits per heavy atom. The number of hydrogen-bond donors (Lipinski definition) is 1. The third-order valence-corrected chi connectivity index (χ3v) is 6.15. The number of aromatic nitrogens is 1. The van der Waals surface area contributed by atoms with Crippen LogP contribution >= 0.6 is 0 Å². The van der Waals surface area contributed by atoms with Crippen molar-refractivity contribution in [1.82, 2.24) is 15.2 Å². The molecule has 2 heterocycles. The van der Waals surface area contributed by atoms with Gasteiger partial charge in [0.15, 0.2) is 0 Å². The van der Waals surface area contributed by atoms with E-state index in [1.54, 1.807) is 19.4 Å². The monoisotopic (exact) mass is 429 g/mol. The maximum absolute atomic E-state index is 13.2. The zero-order valence-electron chi connectivity index (χ0n) is 18.8. The highest BCUT2D eigenvalue weighted by atomic mass is 16.5. The van der Waals surface area contributed by atoms with Gasteiger partial charge in [0.25, 0.3) is 5.91 Å². The van der Waals surface area contributed by atoms with Crippen molar-refractivity contribution in [2.24, 2.45) is 5.92 Å². The van der Waals surface area contributed by atoms with Gasteiger partial charge < -0.3 is 10.1 Å². The summed E-state index contributed by atoms with van der Waals surface area (Å²) in [6.45, 7) is 5.04. The maximum atomic E-state index is 13.2. The lowest BCUT2D eigenvalue weighted by Crippen LogP contribution is -2.43. The van der Waals surface area contributed by atoms with Gasteiger partial charge >= 0.3 is 0 Å². The Morgan fingerprint density at radius 2 is 2.00 bits per heavy atom. The minimum Gasteiger partial charge on any atom is -0.496 e. The number of nitrogens with zero attached hydrogens (tertiary/aromatic N) is 2. The van der Waals surface area contributed by atoms with Crippen LogP contribution < -0.4 is 10.1 Å². The number of benzene rings is 2. The van der Waals surface area contributed by atoms with Crippen LogP contribution in [-0.2, 0) is 6.54 Å². The second-order valence-electron chi connectivity index (χ2n) is 8.53. The normalized spacial score (nSPS) is 17.5. The highest BCUT2D eigenvalue weighted by Gasteiger charge is 2.31. The van der Waals surface area contributed by atoms with E-state index in [1.165, 1.54) is 11.1 Å². The SMILES string of the molecule is COc1ccccc1C(=O)NC(c1ccccn1)C1CCCN(Cc2cccc(C)c2)C1. The molecule has 1 aliphatic rings. The number of likely N-dealkylation sites (tertiary alicyclic amines) is 1. The van der Waals surface area contributed by atoms with Gasteiger partial charge in [0.2, 0.25) is 0 Å². The first-order valence-electron chi connectivity index (χ1n) is 11.3. The molecule has 166 valence electrons. The number of carbonyl (C=O) groups is 1. The molecule has 0 spiro atoms. The number of nitrogens with one attached hydrogen (secondary N) is 1. The van der Waals surface area contributed by atoms with Crippen molar-refractivity contribution in [3.05, 3.63) is 95.3 Å². The average molecular weight is 430 g/mol. The molecule has 1 saturated heterocycles. The summed E-state index contributed by atoms with van der Waals surface area (Å²) >= 11 is 0. The van der Waals surface area contributed by atoms with Crippen molar-refractivity contribution >= 4 is 5.91 Å². The lowest BCUT2D eigenvalue weighted by atomic mass is 9.88. The molecule has 4 rings (SSSR count). The van der Waals surface area contributed by atoms with Crippen molar-refractivity contribution in [2.45, 2.75) is 32.4 Å². The van der Waals surface area contributed by atoms with E-state index < -0.39 is 0 Å². The summed E-state index contributed by atoms with van der Waals surface area (Å²) < 4.78 is 5.41. The molecule has 2 atom stereocenters. The van der Waals surface area contributed by atoms with E-state index in [4.69, 9.17) is 4.74 Å². The van der Waals surface area contributed by atoms with Crippen molar-refractivity contribution in [1.29, 1.82) is 0 Å². The molecule has 3 aromatic rings. The predicted molar refractivity (Wildman–Crippen MR) is 127 cm³/mol. The van der Waals surface area contributed by atoms with Crippen LogP contribution in [-0.4, -0.2) is 36.0 Å². The molecule has 1 fully saturated rings. The minimum atomic E-state index is -0.158. The van der Waals surface area contributed by atoms with E-state index in [9.17, 15) is 4.79 Å². The first-order chi connectivity index (χ1) is 15.6. The van der Waals surface area contributed by atoms with E-state index >= 15 is 0 Å². The van der Waals surface area contributed by atoms with Crippen molar-refractivity contribution < 1.29 is 9.53 Å². The lowest BCUT2D eigenvalue weighted by Gasteiger charge is -2.37. The quantitative estimate of drug-likeness (QED) is 0.587. The first-order valence-corrected chi connectivity index (χ1v) is 11.3. The third-order valence-electron chi connectivity index (χ3n) is 6.15. The number of piperidine rings is 1. The van der Waals surface area contributed by atoms with Crippen molar-refractivity contribution in [2.75, 3.05) is 20.2 Å². The second kappa shape index (κ2) is 10.4. The Balaban J connectivity index is 1.54. The highest BCUT2D eigenvalue weighted by molar-refractivity contribution is 5.97. The Morgan fingerprint density at radius 1 is 1.16 bits per heavy atom. The van der Waals surface area contributed by atoms with Gasteiger partial charge in [0.1, 0.15) is 5.75 Å². The van der Waals surface area contributed by atoms with Crippen LogP contribution in [0.3, 0.4) is 0 Å². The Kier molecular flexibility index (Phi) is 7.17. The summed E-state index contributed by atoms with van der Waals surface area (Å²) in [6, 6.07) is 21.8. The molecule has 0 saturated carbocycles. The van der Waals surface area contributed by atoms with E-state index in [1.807, 2.05) is 36.4 Å². The zero-order valence-corrected chi connectivity index (χ0v) is 18.8. The second-order valence-corrected chi connectivity index (χ2v) is 8.53. The van der Waals surface area contributed by atoms with Gasteiger partial charge in [-0.3, -0.25) is 14.7 Å². The van der Waals surface area contributed by atoms with Crippen LogP contribution in [0.1, 0.15) is 46.1 Å². The van der Waals surface area contributed by atoms with Crippen LogP contribution in [0.4, 0.5) is 0 Å². The summed E-state index contributed by atoms with van der Waals surface area (Å²) in [5.41, 5.74) is 4.06. The molecule has 1 aromatic heterocycles. The van der Waals surface area contributed by atoms with E-state index in [0.717, 1.165) is 38.2 Å². The fourth-order valence-electron chi connectivity index (χ4n) is 4.62. The van der Waals surface area contributed by atoms with Crippen LogP contribution in [0.5, 0.6) is 5.75 Å². The van der Waals surface area contributed by atoms with Gasteiger partial charge in [-0.25, -0.2) is 0 Å². The predicted octanol–water partition coefficient (Wildman–Crippen LogP) is 4.78. The molecule has 0 bridgehead atoms. The fourth-order valence-corrected chi connectivity index (χ4v) is 4.62. The molecule has 1 aliphatic heterocycles. The van der Waals surface area contributed by atoms with Crippen LogP contribution in [0.2, 0.25) is 0 Å². The van der Waals surface area contributed by atoms with Crippen LogP contribution in [0.15, 0.2) is 72.9 Å². The Hall–Kier alpha value is -3.18. The summed E-state index contributed by atoms with van der Waals surface area (Å²) in [7, 11) is 1.59. The van der Waals surface area contributed by atoms with Gasteiger partial charge in [-0.2, -0.15) is 0 Å². The number of ether oxygens (including phenoxy) is 1. The summed E-state index contributed by atoms with van der Waals surface area (Å²) in [5.74, 6) is 0.727. The molecule has 2 aromatic carbocycles. The molecule has 32 heavy (non-hydrogen) atoms. The number of rotatable bonds is 7. The van der Waals surface area contributed by atoms with Crippen LogP contribution in [0, 0.1) is 12.8 Å². The average Bonchev–Trinajstić information content (AvgIpc) is 2.83. The molecule has 5 heteroatoms. The van der Waals surface area contributed by atoms with Crippen molar-refractivity contribution in [3.8, 4) is 5.75 Å². The molecule has 0 radical (unpaired) electrons. The Bertz CT molecular complexity index is 1040. The van der Waals surface area contributed by atoms with E-state index in [2.05, 4.69) is 46.4 Å². The van der Waals surface area contributed by atoms with Crippen LogP contribution in [0.25, 0.3) is 0 Å². The van der Waals surface area contributed by atoms with Gasteiger partial charge in [-0.15, -0.1) is 0 Å². The third kappa shape index (κ3) is 5.35. The number of hydrogen-bond acceptors (Lipinski definition) is 4. The minimum absolute atomic E-state index is 0.131.